The molecular formula is C13H13NS. The zero-order valence-electron chi connectivity index (χ0n) is 8.66. The summed E-state index contributed by atoms with van der Waals surface area (Å²) >= 11 is 1.81. The molecule has 0 aliphatic heterocycles. The maximum absolute atomic E-state index is 7.37. The highest BCUT2D eigenvalue weighted by atomic mass is 32.1. The summed E-state index contributed by atoms with van der Waals surface area (Å²) in [7, 11) is 0. The average molecular weight is 215 g/mol. The Balaban J connectivity index is 2.48. The van der Waals surface area contributed by atoms with Crippen LogP contribution in [-0.2, 0) is 6.42 Å². The summed E-state index contributed by atoms with van der Waals surface area (Å²) in [6.07, 6.45) is 2.50. The summed E-state index contributed by atoms with van der Waals surface area (Å²) < 4.78 is 0. The van der Waals surface area contributed by atoms with Crippen LogP contribution in [0, 0.1) is 5.41 Å². The molecule has 0 saturated heterocycles. The molecule has 1 nitrogen and oxygen atoms in total. The quantitative estimate of drug-likeness (QED) is 0.749. The van der Waals surface area contributed by atoms with Crippen LogP contribution >= 0.6 is 11.3 Å². The SMILES string of the molecule is CCc1ccc(-c2ccccc2C=N)s1. The van der Waals surface area contributed by atoms with Crippen molar-refractivity contribution in [1.29, 1.82) is 5.41 Å². The molecule has 1 aromatic heterocycles. The second-order valence-electron chi connectivity index (χ2n) is 3.35. The van der Waals surface area contributed by atoms with Crippen molar-refractivity contribution < 1.29 is 0 Å². The molecule has 76 valence electrons. The summed E-state index contributed by atoms with van der Waals surface area (Å²) in [5, 5.41) is 7.37. The molecule has 2 rings (SSSR count). The highest BCUT2D eigenvalue weighted by molar-refractivity contribution is 7.15. The van der Waals surface area contributed by atoms with Gasteiger partial charge >= 0.3 is 0 Å². The smallest absolute Gasteiger partial charge is 0.0352 e. The van der Waals surface area contributed by atoms with Crippen LogP contribution in [0.15, 0.2) is 36.4 Å². The molecule has 0 aliphatic carbocycles. The Morgan fingerprint density at radius 1 is 1.20 bits per heavy atom. The molecule has 0 saturated carbocycles. The van der Waals surface area contributed by atoms with Crippen LogP contribution in [0.2, 0.25) is 0 Å². The maximum atomic E-state index is 7.37. The van der Waals surface area contributed by atoms with Gasteiger partial charge in [-0.1, -0.05) is 31.2 Å². The van der Waals surface area contributed by atoms with E-state index >= 15 is 0 Å². The van der Waals surface area contributed by atoms with Gasteiger partial charge in [-0.15, -0.1) is 11.3 Å². The van der Waals surface area contributed by atoms with E-state index in [0.29, 0.717) is 0 Å². The topological polar surface area (TPSA) is 23.9 Å². The minimum Gasteiger partial charge on any atom is -0.308 e. The first-order valence-corrected chi connectivity index (χ1v) is 5.85. The number of aryl methyl sites for hydroxylation is 1. The summed E-state index contributed by atoms with van der Waals surface area (Å²) in [4.78, 5) is 2.65. The first-order chi connectivity index (χ1) is 7.35. The normalized spacial score (nSPS) is 10.2. The lowest BCUT2D eigenvalue weighted by Gasteiger charge is -2.01. The van der Waals surface area contributed by atoms with E-state index in [2.05, 4.69) is 25.1 Å². The van der Waals surface area contributed by atoms with Crippen LogP contribution in [0.25, 0.3) is 10.4 Å². The zero-order chi connectivity index (χ0) is 10.7. The van der Waals surface area contributed by atoms with E-state index in [-0.39, 0.29) is 0 Å². The van der Waals surface area contributed by atoms with Crippen LogP contribution < -0.4 is 0 Å². The Hall–Kier alpha value is -1.41. The van der Waals surface area contributed by atoms with Gasteiger partial charge in [-0.3, -0.25) is 0 Å². The molecule has 0 aliphatic rings. The molecule has 0 fully saturated rings. The predicted molar refractivity (Wildman–Crippen MR) is 67.0 cm³/mol. The van der Waals surface area contributed by atoms with Crippen molar-refractivity contribution in [3.8, 4) is 10.4 Å². The Morgan fingerprint density at radius 2 is 2.00 bits per heavy atom. The average Bonchev–Trinajstić information content (AvgIpc) is 2.77. The third-order valence-corrected chi connectivity index (χ3v) is 3.65. The van der Waals surface area contributed by atoms with E-state index < -0.39 is 0 Å². The lowest BCUT2D eigenvalue weighted by atomic mass is 10.1. The Morgan fingerprint density at radius 3 is 2.67 bits per heavy atom. The number of hydrogen-bond donors (Lipinski definition) is 1. The molecule has 2 heteroatoms. The van der Waals surface area contributed by atoms with E-state index in [4.69, 9.17) is 5.41 Å². The molecule has 2 aromatic rings. The van der Waals surface area contributed by atoms with E-state index in [0.717, 1.165) is 17.5 Å². The summed E-state index contributed by atoms with van der Waals surface area (Å²) in [5.74, 6) is 0. The first-order valence-electron chi connectivity index (χ1n) is 5.03. The van der Waals surface area contributed by atoms with Crippen molar-refractivity contribution in [1.82, 2.24) is 0 Å². The van der Waals surface area contributed by atoms with Crippen molar-refractivity contribution in [2.45, 2.75) is 13.3 Å². The van der Waals surface area contributed by atoms with Crippen molar-refractivity contribution in [3.63, 3.8) is 0 Å². The molecule has 15 heavy (non-hydrogen) atoms. The fourth-order valence-corrected chi connectivity index (χ4v) is 2.55. The van der Waals surface area contributed by atoms with Gasteiger partial charge < -0.3 is 5.41 Å². The number of hydrogen-bond acceptors (Lipinski definition) is 2. The molecule has 0 atom stereocenters. The summed E-state index contributed by atoms with van der Waals surface area (Å²) in [5.41, 5.74) is 2.15. The number of rotatable bonds is 3. The standard InChI is InChI=1S/C13H13NS/c1-2-11-7-8-13(15-11)12-6-4-3-5-10(12)9-14/h3-9,14H,2H2,1H3. The monoisotopic (exact) mass is 215 g/mol. The molecule has 0 radical (unpaired) electrons. The van der Waals surface area contributed by atoms with Gasteiger partial charge in [0.1, 0.15) is 0 Å². The van der Waals surface area contributed by atoms with Crippen LogP contribution in [0.4, 0.5) is 0 Å². The second kappa shape index (κ2) is 4.41. The van der Waals surface area contributed by atoms with Gasteiger partial charge in [0.15, 0.2) is 0 Å². The van der Waals surface area contributed by atoms with E-state index in [1.54, 1.807) is 0 Å². The van der Waals surface area contributed by atoms with Crippen LogP contribution in [0.5, 0.6) is 0 Å². The van der Waals surface area contributed by atoms with Gasteiger partial charge in [0.25, 0.3) is 0 Å². The van der Waals surface area contributed by atoms with Crippen LogP contribution in [-0.4, -0.2) is 6.21 Å². The van der Waals surface area contributed by atoms with Gasteiger partial charge in [-0.2, -0.15) is 0 Å². The van der Waals surface area contributed by atoms with Crippen molar-refractivity contribution in [3.05, 3.63) is 46.8 Å². The van der Waals surface area contributed by atoms with Crippen LogP contribution in [0.3, 0.4) is 0 Å². The lowest BCUT2D eigenvalue weighted by Crippen LogP contribution is -1.83. The van der Waals surface area contributed by atoms with Gasteiger partial charge in [-0.25, -0.2) is 0 Å². The first kappa shape index (κ1) is 10.1. The summed E-state index contributed by atoms with van der Waals surface area (Å²) in [6.45, 7) is 2.16. The fourth-order valence-electron chi connectivity index (χ4n) is 1.56. The van der Waals surface area contributed by atoms with E-state index in [1.807, 2.05) is 29.5 Å². The zero-order valence-corrected chi connectivity index (χ0v) is 9.47. The number of thiophene rings is 1. The van der Waals surface area contributed by atoms with E-state index in [9.17, 15) is 0 Å². The van der Waals surface area contributed by atoms with Crippen molar-refractivity contribution in [2.75, 3.05) is 0 Å². The molecule has 1 N–H and O–H groups in total. The van der Waals surface area contributed by atoms with Crippen molar-refractivity contribution in [2.24, 2.45) is 0 Å². The predicted octanol–water partition coefficient (Wildman–Crippen LogP) is 3.98. The highest BCUT2D eigenvalue weighted by Crippen LogP contribution is 2.30. The van der Waals surface area contributed by atoms with Gasteiger partial charge in [0, 0.05) is 27.1 Å². The molecule has 0 amide bonds. The molecular weight excluding hydrogens is 202 g/mol. The molecule has 1 aromatic carbocycles. The lowest BCUT2D eigenvalue weighted by molar-refractivity contribution is 1.19. The van der Waals surface area contributed by atoms with Gasteiger partial charge in [0.2, 0.25) is 0 Å². The largest absolute Gasteiger partial charge is 0.308 e. The number of benzene rings is 1. The minimum absolute atomic E-state index is 0.988. The third kappa shape index (κ3) is 2.00. The van der Waals surface area contributed by atoms with Crippen LogP contribution in [0.1, 0.15) is 17.4 Å². The molecule has 1 heterocycles. The van der Waals surface area contributed by atoms with Gasteiger partial charge in [-0.05, 0) is 18.6 Å². The van der Waals surface area contributed by atoms with Gasteiger partial charge in [0.05, 0.1) is 0 Å². The fraction of sp³-hybridized carbons (Fsp3) is 0.154. The second-order valence-corrected chi connectivity index (χ2v) is 4.52. The Labute approximate surface area is 93.9 Å². The highest BCUT2D eigenvalue weighted by Gasteiger charge is 2.04. The minimum atomic E-state index is 0.988. The van der Waals surface area contributed by atoms with Crippen molar-refractivity contribution >= 4 is 17.6 Å². The Kier molecular flexibility index (Phi) is 2.97. The summed E-state index contributed by atoms with van der Waals surface area (Å²) in [6, 6.07) is 12.4. The molecule has 0 bridgehead atoms. The maximum Gasteiger partial charge on any atom is 0.0352 e. The molecule has 0 spiro atoms. The van der Waals surface area contributed by atoms with E-state index in [1.165, 1.54) is 16.0 Å². The Bertz CT molecular complexity index is 471. The molecule has 0 unspecified atom stereocenters. The number of nitrogens with one attached hydrogen (secondary N) is 1. The third-order valence-electron chi connectivity index (χ3n) is 2.39.